The standard InChI is InChI=1S/C20H20ClFN4O2S/c1-25-17(15(21)8-24-25)5-16-14-4-12(22)2-3-13(14)18(29)26(16)9-11-6-20(7-11)10-23-19(27)28-20/h2-4,8,11,16H,5-7,9-10H2,1H3,(H,23,27). The molecule has 1 saturated carbocycles. The van der Waals surface area contributed by atoms with Gasteiger partial charge in [0, 0.05) is 25.6 Å². The highest BCUT2D eigenvalue weighted by atomic mass is 35.5. The van der Waals surface area contributed by atoms with Gasteiger partial charge in [-0.25, -0.2) is 9.18 Å². The third-order valence-corrected chi connectivity index (χ3v) is 7.05. The smallest absolute Gasteiger partial charge is 0.407 e. The number of nitrogens with zero attached hydrogens (tertiary/aromatic N) is 3. The molecule has 3 heterocycles. The van der Waals surface area contributed by atoms with E-state index in [9.17, 15) is 9.18 Å². The van der Waals surface area contributed by atoms with Gasteiger partial charge in [0.15, 0.2) is 0 Å². The van der Waals surface area contributed by atoms with Gasteiger partial charge in [0.2, 0.25) is 0 Å². The summed E-state index contributed by atoms with van der Waals surface area (Å²) in [4.78, 5) is 14.3. The number of fused-ring (bicyclic) bond motifs is 1. The average Bonchev–Trinajstić information content (AvgIpc) is 3.27. The third kappa shape index (κ3) is 3.09. The van der Waals surface area contributed by atoms with Crippen LogP contribution >= 0.6 is 23.8 Å². The lowest BCUT2D eigenvalue weighted by Gasteiger charge is -2.45. The van der Waals surface area contributed by atoms with Gasteiger partial charge < -0.3 is 15.0 Å². The van der Waals surface area contributed by atoms with Gasteiger partial charge in [-0.05, 0) is 42.5 Å². The predicted molar refractivity (Wildman–Crippen MR) is 109 cm³/mol. The van der Waals surface area contributed by atoms with Gasteiger partial charge in [-0.15, -0.1) is 0 Å². The topological polar surface area (TPSA) is 59.4 Å². The Balaban J connectivity index is 1.40. The minimum absolute atomic E-state index is 0.109. The molecule has 2 fully saturated rings. The second kappa shape index (κ2) is 6.67. The maximum absolute atomic E-state index is 14.0. The first-order chi connectivity index (χ1) is 13.8. The Morgan fingerprint density at radius 1 is 1.45 bits per heavy atom. The summed E-state index contributed by atoms with van der Waals surface area (Å²) in [6.07, 6.45) is 3.47. The first-order valence-electron chi connectivity index (χ1n) is 9.59. The molecule has 1 N–H and O–H groups in total. The van der Waals surface area contributed by atoms with E-state index in [2.05, 4.69) is 15.3 Å². The van der Waals surface area contributed by atoms with Crippen molar-refractivity contribution in [3.8, 4) is 0 Å². The van der Waals surface area contributed by atoms with Crippen molar-refractivity contribution in [3.05, 3.63) is 52.1 Å². The van der Waals surface area contributed by atoms with Crippen LogP contribution in [0.1, 0.15) is 35.7 Å². The van der Waals surface area contributed by atoms with Gasteiger partial charge in [0.25, 0.3) is 0 Å². The Labute approximate surface area is 178 Å². The van der Waals surface area contributed by atoms with Crippen molar-refractivity contribution >= 4 is 34.9 Å². The number of alkyl carbamates (subject to hydrolysis) is 1. The summed E-state index contributed by atoms with van der Waals surface area (Å²) in [7, 11) is 1.85. The number of rotatable bonds is 4. The Morgan fingerprint density at radius 3 is 2.90 bits per heavy atom. The van der Waals surface area contributed by atoms with Gasteiger partial charge in [0.1, 0.15) is 16.4 Å². The molecule has 29 heavy (non-hydrogen) atoms. The van der Waals surface area contributed by atoms with E-state index < -0.39 is 0 Å². The number of carbonyl (C=O) groups is 1. The lowest BCUT2D eigenvalue weighted by molar-refractivity contribution is -0.0525. The molecule has 1 atom stereocenters. The van der Waals surface area contributed by atoms with E-state index in [-0.39, 0.29) is 23.6 Å². The fraction of sp³-hybridized carbons (Fsp3) is 0.450. The van der Waals surface area contributed by atoms with Crippen LogP contribution in [-0.4, -0.2) is 44.5 Å². The first kappa shape index (κ1) is 18.8. The van der Waals surface area contributed by atoms with E-state index in [0.29, 0.717) is 23.9 Å². The molecular weight excluding hydrogens is 415 g/mol. The highest BCUT2D eigenvalue weighted by molar-refractivity contribution is 7.80. The molecule has 6 nitrogen and oxygen atoms in total. The summed E-state index contributed by atoms with van der Waals surface area (Å²) in [6.45, 7) is 1.29. The third-order valence-electron chi connectivity index (χ3n) is 6.28. The highest BCUT2D eigenvalue weighted by Gasteiger charge is 2.52. The number of halogens is 2. The zero-order valence-electron chi connectivity index (χ0n) is 15.8. The van der Waals surface area contributed by atoms with E-state index in [1.165, 1.54) is 6.07 Å². The molecular formula is C20H20ClFN4O2S. The SMILES string of the molecule is Cn1ncc(Cl)c1CC1c2cc(F)ccc2C(=S)N1CC1CC2(CNC(=O)O2)C1. The van der Waals surface area contributed by atoms with Crippen LogP contribution in [0.15, 0.2) is 24.4 Å². The van der Waals surface area contributed by atoms with Crippen LogP contribution in [0.2, 0.25) is 5.02 Å². The fourth-order valence-electron chi connectivity index (χ4n) is 4.88. The number of nitrogens with one attached hydrogen (secondary N) is 1. The van der Waals surface area contributed by atoms with E-state index in [0.717, 1.165) is 41.2 Å². The van der Waals surface area contributed by atoms with Gasteiger partial charge in [0.05, 0.1) is 29.5 Å². The number of ether oxygens (including phenoxy) is 1. The van der Waals surface area contributed by atoms with Crippen LogP contribution in [0, 0.1) is 11.7 Å². The van der Waals surface area contributed by atoms with Gasteiger partial charge >= 0.3 is 6.09 Å². The van der Waals surface area contributed by atoms with Crippen molar-refractivity contribution < 1.29 is 13.9 Å². The van der Waals surface area contributed by atoms with Crippen molar-refractivity contribution in [1.82, 2.24) is 20.0 Å². The average molecular weight is 435 g/mol. The summed E-state index contributed by atoms with van der Waals surface area (Å²) in [5, 5.41) is 7.56. The van der Waals surface area contributed by atoms with Crippen LogP contribution in [-0.2, 0) is 18.2 Å². The minimum atomic E-state index is -0.372. The minimum Gasteiger partial charge on any atom is -0.441 e. The number of benzene rings is 1. The molecule has 0 radical (unpaired) electrons. The molecule has 3 aliphatic rings. The van der Waals surface area contributed by atoms with Crippen LogP contribution in [0.4, 0.5) is 9.18 Å². The maximum atomic E-state index is 14.0. The molecule has 2 aliphatic heterocycles. The number of hydrogen-bond acceptors (Lipinski definition) is 4. The largest absolute Gasteiger partial charge is 0.441 e. The molecule has 1 aromatic carbocycles. The number of amides is 1. The highest BCUT2D eigenvalue weighted by Crippen LogP contribution is 2.46. The molecule has 1 unspecified atom stereocenters. The first-order valence-corrected chi connectivity index (χ1v) is 10.4. The summed E-state index contributed by atoms with van der Waals surface area (Å²) >= 11 is 12.1. The molecule has 1 aliphatic carbocycles. The molecule has 1 saturated heterocycles. The predicted octanol–water partition coefficient (Wildman–Crippen LogP) is 3.38. The fourth-order valence-corrected chi connectivity index (χ4v) is 5.51. The molecule has 0 bridgehead atoms. The van der Waals surface area contributed by atoms with Gasteiger partial charge in [-0.3, -0.25) is 4.68 Å². The number of aromatic nitrogens is 2. The van der Waals surface area contributed by atoms with Crippen molar-refractivity contribution in [1.29, 1.82) is 0 Å². The summed E-state index contributed by atoms with van der Waals surface area (Å²) < 4.78 is 21.2. The van der Waals surface area contributed by atoms with Crippen molar-refractivity contribution in [2.24, 2.45) is 13.0 Å². The normalized spacial score (nSPS) is 27.8. The Bertz CT molecular complexity index is 1000. The van der Waals surface area contributed by atoms with Crippen molar-refractivity contribution in [2.45, 2.75) is 30.9 Å². The molecule has 5 rings (SSSR count). The van der Waals surface area contributed by atoms with Crippen molar-refractivity contribution in [3.63, 3.8) is 0 Å². The van der Waals surface area contributed by atoms with E-state index >= 15 is 0 Å². The molecule has 152 valence electrons. The quantitative estimate of drug-likeness (QED) is 0.747. The van der Waals surface area contributed by atoms with Gasteiger partial charge in [-0.1, -0.05) is 23.8 Å². The summed E-state index contributed by atoms with van der Waals surface area (Å²) in [5.74, 6) is 0.0744. The zero-order valence-corrected chi connectivity index (χ0v) is 17.4. The van der Waals surface area contributed by atoms with Crippen LogP contribution in [0.3, 0.4) is 0 Å². The van der Waals surface area contributed by atoms with Gasteiger partial charge in [-0.2, -0.15) is 5.10 Å². The second-order valence-electron chi connectivity index (χ2n) is 8.17. The number of thiocarbonyl (C=S) groups is 1. The lowest BCUT2D eigenvalue weighted by atomic mass is 9.70. The van der Waals surface area contributed by atoms with Crippen LogP contribution < -0.4 is 5.32 Å². The molecule has 1 amide bonds. The summed E-state index contributed by atoms with van der Waals surface area (Å²) in [6, 6.07) is 4.67. The van der Waals surface area contributed by atoms with E-state index in [1.807, 2.05) is 7.05 Å². The Morgan fingerprint density at radius 2 is 2.24 bits per heavy atom. The lowest BCUT2D eigenvalue weighted by Crippen LogP contribution is -2.51. The molecule has 1 aromatic heterocycles. The number of hydrogen-bond donors (Lipinski definition) is 1. The monoisotopic (exact) mass is 434 g/mol. The number of carbonyl (C=O) groups excluding carboxylic acids is 1. The maximum Gasteiger partial charge on any atom is 0.407 e. The molecule has 1 spiro atoms. The zero-order chi connectivity index (χ0) is 20.3. The Kier molecular flexibility index (Phi) is 4.33. The van der Waals surface area contributed by atoms with E-state index in [4.69, 9.17) is 28.6 Å². The number of aryl methyl sites for hydroxylation is 1. The van der Waals surface area contributed by atoms with Crippen LogP contribution in [0.25, 0.3) is 0 Å². The molecule has 2 aromatic rings. The van der Waals surface area contributed by atoms with Crippen LogP contribution in [0.5, 0.6) is 0 Å². The van der Waals surface area contributed by atoms with Crippen molar-refractivity contribution in [2.75, 3.05) is 13.1 Å². The second-order valence-corrected chi connectivity index (χ2v) is 8.97. The van der Waals surface area contributed by atoms with E-state index in [1.54, 1.807) is 23.0 Å². The summed E-state index contributed by atoms with van der Waals surface area (Å²) in [5.41, 5.74) is 2.30. The Hall–Kier alpha value is -2.19. The molecule has 9 heteroatoms.